The largest absolute Gasteiger partial charge is 0.299 e. The first-order valence-corrected chi connectivity index (χ1v) is 7.02. The van der Waals surface area contributed by atoms with E-state index in [0.29, 0.717) is 0 Å². The molecule has 0 spiro atoms. The van der Waals surface area contributed by atoms with Crippen LogP contribution in [-0.2, 0) is 6.54 Å². The van der Waals surface area contributed by atoms with Crippen LogP contribution in [0.5, 0.6) is 0 Å². The maximum absolute atomic E-state index is 2.65. The predicted molar refractivity (Wildman–Crippen MR) is 73.9 cm³/mol. The Hall–Kier alpha value is -0.820. The van der Waals surface area contributed by atoms with Crippen LogP contribution in [-0.4, -0.2) is 18.0 Å². The Bertz CT molecular complexity index is 318. The van der Waals surface area contributed by atoms with E-state index in [-0.39, 0.29) is 0 Å². The Kier molecular flexibility index (Phi) is 4.61. The maximum Gasteiger partial charge on any atom is 0.0233 e. The average Bonchev–Trinajstić information content (AvgIpc) is 2.56. The van der Waals surface area contributed by atoms with Gasteiger partial charge in [-0.3, -0.25) is 4.90 Å². The molecule has 0 radical (unpaired) electrons. The van der Waals surface area contributed by atoms with E-state index >= 15 is 0 Å². The van der Waals surface area contributed by atoms with Gasteiger partial charge >= 0.3 is 0 Å². The third-order valence-electron chi connectivity index (χ3n) is 3.98. The molecule has 0 saturated carbocycles. The Balaban J connectivity index is 1.95. The molecule has 1 nitrogen and oxygen atoms in total. The van der Waals surface area contributed by atoms with Crippen molar-refractivity contribution in [2.45, 2.75) is 39.7 Å². The molecule has 0 aromatic heterocycles. The molecule has 1 aromatic carbocycles. The molecule has 1 heteroatoms. The summed E-state index contributed by atoms with van der Waals surface area (Å²) in [5, 5.41) is 0. The molecule has 0 aliphatic carbocycles. The fourth-order valence-corrected chi connectivity index (χ4v) is 2.79. The molecule has 17 heavy (non-hydrogen) atoms. The van der Waals surface area contributed by atoms with Gasteiger partial charge in [0.15, 0.2) is 0 Å². The van der Waals surface area contributed by atoms with Crippen LogP contribution < -0.4 is 0 Å². The number of benzene rings is 1. The third-order valence-corrected chi connectivity index (χ3v) is 3.98. The van der Waals surface area contributed by atoms with Gasteiger partial charge < -0.3 is 0 Å². The second kappa shape index (κ2) is 6.20. The van der Waals surface area contributed by atoms with Crippen LogP contribution in [0.1, 0.15) is 38.7 Å². The van der Waals surface area contributed by atoms with Gasteiger partial charge in [0.2, 0.25) is 0 Å². The second-order valence-corrected chi connectivity index (χ2v) is 5.72. The molecule has 1 atom stereocenters. The van der Waals surface area contributed by atoms with E-state index in [0.717, 1.165) is 18.4 Å². The van der Waals surface area contributed by atoms with Crippen molar-refractivity contribution in [3.05, 3.63) is 35.9 Å². The topological polar surface area (TPSA) is 3.24 Å². The Morgan fingerprint density at radius 2 is 1.94 bits per heavy atom. The molecule has 2 rings (SSSR count). The normalized spacial score (nSPS) is 22.6. The van der Waals surface area contributed by atoms with Crippen LogP contribution >= 0.6 is 0 Å². The zero-order valence-electron chi connectivity index (χ0n) is 11.2. The monoisotopic (exact) mass is 231 g/mol. The summed E-state index contributed by atoms with van der Waals surface area (Å²) >= 11 is 0. The van der Waals surface area contributed by atoms with Crippen LogP contribution in [0.15, 0.2) is 30.3 Å². The smallest absolute Gasteiger partial charge is 0.0233 e. The molecule has 0 amide bonds. The van der Waals surface area contributed by atoms with Crippen LogP contribution in [0.25, 0.3) is 0 Å². The van der Waals surface area contributed by atoms with Gasteiger partial charge in [0, 0.05) is 13.1 Å². The van der Waals surface area contributed by atoms with E-state index in [4.69, 9.17) is 0 Å². The van der Waals surface area contributed by atoms with Gasteiger partial charge in [0.1, 0.15) is 0 Å². The molecule has 1 heterocycles. The van der Waals surface area contributed by atoms with Crippen molar-refractivity contribution < 1.29 is 0 Å². The van der Waals surface area contributed by atoms with Gasteiger partial charge in [-0.25, -0.2) is 0 Å². The summed E-state index contributed by atoms with van der Waals surface area (Å²) in [6.07, 6.45) is 4.20. The average molecular weight is 231 g/mol. The van der Waals surface area contributed by atoms with Crippen molar-refractivity contribution in [1.29, 1.82) is 0 Å². The fraction of sp³-hybridized carbons (Fsp3) is 0.625. The number of hydrogen-bond acceptors (Lipinski definition) is 1. The van der Waals surface area contributed by atoms with Gasteiger partial charge in [-0.15, -0.1) is 0 Å². The Morgan fingerprint density at radius 1 is 1.18 bits per heavy atom. The second-order valence-electron chi connectivity index (χ2n) is 5.72. The zero-order chi connectivity index (χ0) is 12.1. The lowest BCUT2D eigenvalue weighted by molar-refractivity contribution is 0.212. The highest BCUT2D eigenvalue weighted by molar-refractivity contribution is 5.14. The molecule has 0 N–H and O–H groups in total. The van der Waals surface area contributed by atoms with Gasteiger partial charge in [0.25, 0.3) is 0 Å². The van der Waals surface area contributed by atoms with Crippen molar-refractivity contribution in [3.8, 4) is 0 Å². The number of hydrogen-bond donors (Lipinski definition) is 0. The lowest BCUT2D eigenvalue weighted by Crippen LogP contribution is -2.29. The van der Waals surface area contributed by atoms with Crippen LogP contribution in [0, 0.1) is 11.8 Å². The van der Waals surface area contributed by atoms with Crippen molar-refractivity contribution in [1.82, 2.24) is 4.90 Å². The van der Waals surface area contributed by atoms with E-state index in [1.165, 1.54) is 37.9 Å². The molecule has 1 aromatic rings. The lowest BCUT2D eigenvalue weighted by atomic mass is 9.91. The predicted octanol–water partition coefficient (Wildman–Crippen LogP) is 3.94. The van der Waals surface area contributed by atoms with Gasteiger partial charge in [-0.05, 0) is 36.8 Å². The number of rotatable bonds is 3. The fourth-order valence-electron chi connectivity index (χ4n) is 2.79. The van der Waals surface area contributed by atoms with E-state index in [1.807, 2.05) is 0 Å². The van der Waals surface area contributed by atoms with Crippen LogP contribution in [0.2, 0.25) is 0 Å². The van der Waals surface area contributed by atoms with Gasteiger partial charge in [0.05, 0.1) is 0 Å². The molecule has 0 bridgehead atoms. The first-order valence-electron chi connectivity index (χ1n) is 7.02. The minimum Gasteiger partial charge on any atom is -0.299 e. The highest BCUT2D eigenvalue weighted by Gasteiger charge is 2.20. The molecular weight excluding hydrogens is 206 g/mol. The first-order chi connectivity index (χ1) is 8.25. The molecular formula is C16H25N. The Labute approximate surface area is 106 Å². The summed E-state index contributed by atoms with van der Waals surface area (Å²) in [4.78, 5) is 2.65. The summed E-state index contributed by atoms with van der Waals surface area (Å²) in [5.74, 6) is 1.72. The zero-order valence-corrected chi connectivity index (χ0v) is 11.2. The van der Waals surface area contributed by atoms with Crippen molar-refractivity contribution >= 4 is 0 Å². The summed E-state index contributed by atoms with van der Waals surface area (Å²) in [6, 6.07) is 10.9. The lowest BCUT2D eigenvalue weighted by Gasteiger charge is -2.26. The van der Waals surface area contributed by atoms with E-state index < -0.39 is 0 Å². The quantitative estimate of drug-likeness (QED) is 0.761. The highest BCUT2D eigenvalue weighted by Crippen LogP contribution is 2.24. The van der Waals surface area contributed by atoms with Crippen molar-refractivity contribution in [2.24, 2.45) is 11.8 Å². The SMILES string of the molecule is CC(C)[C@H]1CCCCN(Cc2ccccc2)C1. The molecule has 1 saturated heterocycles. The standard InChI is InChI=1S/C16H25N/c1-14(2)16-10-6-7-11-17(13-16)12-15-8-4-3-5-9-15/h3-5,8-9,14,16H,6-7,10-13H2,1-2H3/t16-/m0/s1. The van der Waals surface area contributed by atoms with E-state index in [9.17, 15) is 0 Å². The van der Waals surface area contributed by atoms with E-state index in [2.05, 4.69) is 49.1 Å². The number of likely N-dealkylation sites (tertiary alicyclic amines) is 1. The van der Waals surface area contributed by atoms with Crippen molar-refractivity contribution in [2.75, 3.05) is 13.1 Å². The number of nitrogens with zero attached hydrogens (tertiary/aromatic N) is 1. The third kappa shape index (κ3) is 3.85. The summed E-state index contributed by atoms with van der Waals surface area (Å²) in [6.45, 7) is 8.43. The summed E-state index contributed by atoms with van der Waals surface area (Å²) in [7, 11) is 0. The molecule has 1 aliphatic rings. The maximum atomic E-state index is 2.65. The van der Waals surface area contributed by atoms with Crippen LogP contribution in [0.4, 0.5) is 0 Å². The molecule has 1 fully saturated rings. The minimum absolute atomic E-state index is 0.825. The summed E-state index contributed by atoms with van der Waals surface area (Å²) in [5.41, 5.74) is 1.46. The van der Waals surface area contributed by atoms with Gasteiger partial charge in [-0.2, -0.15) is 0 Å². The van der Waals surface area contributed by atoms with Gasteiger partial charge in [-0.1, -0.05) is 50.6 Å². The molecule has 0 unspecified atom stereocenters. The highest BCUT2D eigenvalue weighted by atomic mass is 15.1. The Morgan fingerprint density at radius 3 is 2.65 bits per heavy atom. The minimum atomic E-state index is 0.825. The first kappa shape index (κ1) is 12.6. The van der Waals surface area contributed by atoms with Crippen LogP contribution in [0.3, 0.4) is 0 Å². The van der Waals surface area contributed by atoms with Crippen molar-refractivity contribution in [3.63, 3.8) is 0 Å². The summed E-state index contributed by atoms with van der Waals surface area (Å²) < 4.78 is 0. The molecule has 94 valence electrons. The van der Waals surface area contributed by atoms with E-state index in [1.54, 1.807) is 0 Å². The molecule has 1 aliphatic heterocycles.